The number of benzene rings is 1. The Bertz CT molecular complexity index is 1290. The standard InChI is InChI=1S/C29H38N6O4/c1-4-35(3)28-13-20(12-27(34-28)33-22-6-5-7-22)29(37)31-15-25(36)24-11-19-8-9-23(10-21(19)14-30-24)38-16-26-18(2)32-17-39-26/h8-10,12-13,17,22,24-25,30,36H,4-7,11,14-16H2,1-3H3,(H,31,37)(H,33,34)/t24-,25+/m0/s1. The van der Waals surface area contributed by atoms with Gasteiger partial charge in [0.1, 0.15) is 24.0 Å². The van der Waals surface area contributed by atoms with Crippen molar-refractivity contribution in [3.63, 3.8) is 0 Å². The lowest BCUT2D eigenvalue weighted by atomic mass is 9.92. The Labute approximate surface area is 229 Å². The van der Waals surface area contributed by atoms with Crippen molar-refractivity contribution in [1.82, 2.24) is 20.6 Å². The number of nitrogens with one attached hydrogen (secondary N) is 3. The molecule has 4 N–H and O–H groups in total. The summed E-state index contributed by atoms with van der Waals surface area (Å²) in [6.07, 6.45) is 4.80. The molecule has 0 unspecified atom stereocenters. The highest BCUT2D eigenvalue weighted by atomic mass is 16.5. The molecule has 1 fully saturated rings. The number of carbonyl (C=O) groups is 1. The van der Waals surface area contributed by atoms with Crippen LogP contribution in [-0.2, 0) is 19.6 Å². The van der Waals surface area contributed by atoms with Gasteiger partial charge in [-0.3, -0.25) is 4.79 Å². The fraction of sp³-hybridized carbons (Fsp3) is 0.483. The van der Waals surface area contributed by atoms with Gasteiger partial charge < -0.3 is 35.1 Å². The van der Waals surface area contributed by atoms with Gasteiger partial charge in [0.25, 0.3) is 5.91 Å². The molecule has 5 rings (SSSR count). The third-order valence-corrected chi connectivity index (χ3v) is 7.72. The summed E-state index contributed by atoms with van der Waals surface area (Å²) in [7, 11) is 1.96. The van der Waals surface area contributed by atoms with Crippen molar-refractivity contribution in [2.24, 2.45) is 0 Å². The molecule has 2 aromatic heterocycles. The number of aliphatic hydroxyl groups is 1. The number of nitrogens with zero attached hydrogens (tertiary/aromatic N) is 3. The first-order valence-electron chi connectivity index (χ1n) is 13.7. The molecule has 0 spiro atoms. The molecular formula is C29H38N6O4. The smallest absolute Gasteiger partial charge is 0.251 e. The monoisotopic (exact) mass is 534 g/mol. The van der Waals surface area contributed by atoms with E-state index in [9.17, 15) is 9.90 Å². The summed E-state index contributed by atoms with van der Waals surface area (Å²) >= 11 is 0. The molecule has 0 bridgehead atoms. The molecule has 1 saturated carbocycles. The first-order valence-corrected chi connectivity index (χ1v) is 13.7. The fourth-order valence-corrected chi connectivity index (χ4v) is 4.77. The molecule has 208 valence electrons. The average molecular weight is 535 g/mol. The van der Waals surface area contributed by atoms with Crippen molar-refractivity contribution in [2.75, 3.05) is 30.4 Å². The second kappa shape index (κ2) is 12.0. The van der Waals surface area contributed by atoms with E-state index in [1.165, 1.54) is 12.8 Å². The number of hydrogen-bond acceptors (Lipinski definition) is 9. The number of aromatic nitrogens is 2. The van der Waals surface area contributed by atoms with Crippen molar-refractivity contribution in [3.8, 4) is 5.75 Å². The molecule has 10 heteroatoms. The molecule has 0 radical (unpaired) electrons. The number of amides is 1. The van der Waals surface area contributed by atoms with Gasteiger partial charge in [0, 0.05) is 44.3 Å². The first-order chi connectivity index (χ1) is 18.9. The van der Waals surface area contributed by atoms with Crippen molar-refractivity contribution in [1.29, 1.82) is 0 Å². The van der Waals surface area contributed by atoms with E-state index in [0.29, 0.717) is 42.8 Å². The lowest BCUT2D eigenvalue weighted by Crippen LogP contribution is -2.49. The van der Waals surface area contributed by atoms with Crippen LogP contribution in [0.25, 0.3) is 0 Å². The number of ether oxygens (including phenoxy) is 1. The van der Waals surface area contributed by atoms with Crippen LogP contribution in [0.3, 0.4) is 0 Å². The maximum absolute atomic E-state index is 13.1. The van der Waals surface area contributed by atoms with Gasteiger partial charge in [0.05, 0.1) is 11.8 Å². The maximum atomic E-state index is 13.1. The topological polar surface area (TPSA) is 125 Å². The van der Waals surface area contributed by atoms with E-state index in [4.69, 9.17) is 14.1 Å². The van der Waals surface area contributed by atoms with Crippen LogP contribution in [0.5, 0.6) is 5.75 Å². The van der Waals surface area contributed by atoms with Gasteiger partial charge in [-0.1, -0.05) is 6.07 Å². The molecule has 10 nitrogen and oxygen atoms in total. The predicted molar refractivity (Wildman–Crippen MR) is 149 cm³/mol. The van der Waals surface area contributed by atoms with Crippen molar-refractivity contribution >= 4 is 17.5 Å². The number of anilines is 2. The quantitative estimate of drug-likeness (QED) is 0.294. The van der Waals surface area contributed by atoms with E-state index < -0.39 is 6.10 Å². The van der Waals surface area contributed by atoms with Crippen molar-refractivity contribution in [2.45, 2.75) is 70.9 Å². The molecule has 1 aliphatic carbocycles. The van der Waals surface area contributed by atoms with E-state index in [2.05, 4.69) is 20.9 Å². The van der Waals surface area contributed by atoms with E-state index in [0.717, 1.165) is 47.8 Å². The fourth-order valence-electron chi connectivity index (χ4n) is 4.77. The van der Waals surface area contributed by atoms with Crippen LogP contribution in [0.1, 0.15) is 59.1 Å². The van der Waals surface area contributed by atoms with Gasteiger partial charge in [-0.25, -0.2) is 9.97 Å². The number of rotatable bonds is 11. The Morgan fingerprint density at radius 3 is 2.85 bits per heavy atom. The van der Waals surface area contributed by atoms with Crippen molar-refractivity contribution < 1.29 is 19.1 Å². The summed E-state index contributed by atoms with van der Waals surface area (Å²) in [5.41, 5.74) is 3.64. The summed E-state index contributed by atoms with van der Waals surface area (Å²) in [4.78, 5) is 23.9. The molecular weight excluding hydrogens is 496 g/mol. The normalized spacial score (nSPS) is 17.6. The van der Waals surface area contributed by atoms with Crippen molar-refractivity contribution in [3.05, 3.63) is 64.9 Å². The number of hydrogen-bond donors (Lipinski definition) is 4. The number of pyridine rings is 1. The summed E-state index contributed by atoms with van der Waals surface area (Å²) in [5.74, 6) is 2.71. The second-order valence-corrected chi connectivity index (χ2v) is 10.4. The molecule has 1 amide bonds. The summed E-state index contributed by atoms with van der Waals surface area (Å²) in [6, 6.07) is 9.83. The zero-order valence-electron chi connectivity index (χ0n) is 22.9. The van der Waals surface area contributed by atoms with Crippen LogP contribution in [0.15, 0.2) is 41.1 Å². The van der Waals surface area contributed by atoms with Gasteiger partial charge in [-0.05, 0) is 74.9 Å². The van der Waals surface area contributed by atoms with Gasteiger partial charge in [0.15, 0.2) is 12.2 Å². The Hall–Kier alpha value is -3.63. The van der Waals surface area contributed by atoms with E-state index >= 15 is 0 Å². The van der Waals surface area contributed by atoms with Gasteiger partial charge >= 0.3 is 0 Å². The predicted octanol–water partition coefficient (Wildman–Crippen LogP) is 3.18. The van der Waals surface area contributed by atoms with Gasteiger partial charge in [-0.15, -0.1) is 0 Å². The third-order valence-electron chi connectivity index (χ3n) is 7.72. The van der Waals surface area contributed by atoms with E-state index in [1.54, 1.807) is 12.1 Å². The molecule has 3 heterocycles. The molecule has 0 saturated heterocycles. The Balaban J connectivity index is 1.16. The van der Waals surface area contributed by atoms with E-state index in [-0.39, 0.29) is 18.5 Å². The highest BCUT2D eigenvalue weighted by Gasteiger charge is 2.26. The van der Waals surface area contributed by atoms with Crippen LogP contribution in [0.4, 0.5) is 11.6 Å². The minimum Gasteiger partial charge on any atom is -0.486 e. The third kappa shape index (κ3) is 6.51. The zero-order chi connectivity index (χ0) is 27.4. The molecule has 2 atom stereocenters. The molecule has 1 aromatic carbocycles. The minimum atomic E-state index is -0.736. The summed E-state index contributed by atoms with van der Waals surface area (Å²) in [5, 5.41) is 20.7. The molecule has 1 aliphatic heterocycles. The second-order valence-electron chi connectivity index (χ2n) is 10.4. The molecule has 3 aromatic rings. The largest absolute Gasteiger partial charge is 0.486 e. The highest BCUT2D eigenvalue weighted by molar-refractivity contribution is 5.95. The van der Waals surface area contributed by atoms with Gasteiger partial charge in [-0.2, -0.15) is 0 Å². The minimum absolute atomic E-state index is 0.149. The maximum Gasteiger partial charge on any atom is 0.251 e. The molecule has 2 aliphatic rings. The van der Waals surface area contributed by atoms with Crippen LogP contribution >= 0.6 is 0 Å². The Kier molecular flexibility index (Phi) is 8.33. The SMILES string of the molecule is CCN(C)c1cc(C(=O)NC[C@@H](O)[C@@H]2Cc3ccc(OCc4ocnc4C)cc3CN2)cc(NC2CCC2)n1. The number of carbonyl (C=O) groups excluding carboxylic acids is 1. The number of fused-ring (bicyclic) bond motifs is 1. The Morgan fingerprint density at radius 1 is 1.28 bits per heavy atom. The lowest BCUT2D eigenvalue weighted by Gasteiger charge is -2.30. The number of aliphatic hydroxyl groups excluding tert-OH is 1. The van der Waals surface area contributed by atoms with Crippen LogP contribution < -0.4 is 25.6 Å². The number of aryl methyl sites for hydroxylation is 1. The van der Waals surface area contributed by atoms with E-state index in [1.807, 2.05) is 44.0 Å². The summed E-state index contributed by atoms with van der Waals surface area (Å²) < 4.78 is 11.2. The van der Waals surface area contributed by atoms with Crippen LogP contribution in [-0.4, -0.2) is 59.3 Å². The zero-order valence-corrected chi connectivity index (χ0v) is 22.9. The number of oxazole rings is 1. The molecule has 39 heavy (non-hydrogen) atoms. The average Bonchev–Trinajstić information content (AvgIpc) is 3.35. The van der Waals surface area contributed by atoms with Crippen LogP contribution in [0.2, 0.25) is 0 Å². The van der Waals surface area contributed by atoms with Gasteiger partial charge in [0.2, 0.25) is 0 Å². The summed E-state index contributed by atoms with van der Waals surface area (Å²) in [6.45, 7) is 5.80. The lowest BCUT2D eigenvalue weighted by molar-refractivity contribution is 0.0870. The highest BCUT2D eigenvalue weighted by Crippen LogP contribution is 2.26. The first kappa shape index (κ1) is 27.0. The Morgan fingerprint density at radius 2 is 2.13 bits per heavy atom. The van der Waals surface area contributed by atoms with Crippen LogP contribution in [0, 0.1) is 6.92 Å².